The molecule has 0 unspecified atom stereocenters. The Morgan fingerprint density at radius 1 is 1.30 bits per heavy atom. The summed E-state index contributed by atoms with van der Waals surface area (Å²) in [7, 11) is -4.15. The van der Waals surface area contributed by atoms with E-state index in [0.29, 0.717) is 0 Å². The van der Waals surface area contributed by atoms with Crippen LogP contribution in [0.5, 0.6) is 0 Å². The Bertz CT molecular complexity index is 565. The number of nitrogens with one attached hydrogen (secondary N) is 1. The number of nitrogens with zero attached hydrogens (tertiary/aromatic N) is 1. The molecule has 0 fully saturated rings. The number of sulfonamides is 1. The lowest BCUT2D eigenvalue weighted by Gasteiger charge is -2.14. The van der Waals surface area contributed by atoms with Crippen LogP contribution in [-0.4, -0.2) is 32.4 Å². The molecule has 114 valence electrons. The number of hydrogen-bond acceptors (Lipinski definition) is 5. The highest BCUT2D eigenvalue weighted by molar-refractivity contribution is 7.89. The summed E-state index contributed by atoms with van der Waals surface area (Å²) in [6, 6.07) is 3.85. The van der Waals surface area contributed by atoms with Crippen molar-refractivity contribution in [3.8, 4) is 0 Å². The van der Waals surface area contributed by atoms with Crippen LogP contribution in [-0.2, 0) is 10.0 Å². The second-order valence-corrected chi connectivity index (χ2v) is 5.40. The summed E-state index contributed by atoms with van der Waals surface area (Å²) in [5.41, 5.74) is 4.47. The number of alkyl halides is 2. The summed E-state index contributed by atoms with van der Waals surface area (Å²) in [6.45, 7) is -2.13. The summed E-state index contributed by atoms with van der Waals surface area (Å²) in [4.78, 5) is 9.34. The smallest absolute Gasteiger partial charge is 0.273 e. The number of non-ortho nitro benzene ring substituents is 1. The van der Waals surface area contributed by atoms with Crippen LogP contribution < -0.4 is 10.5 Å². The zero-order valence-electron chi connectivity index (χ0n) is 9.95. The molecule has 0 aliphatic rings. The van der Waals surface area contributed by atoms with E-state index in [1.54, 1.807) is 4.72 Å². The summed E-state index contributed by atoms with van der Waals surface area (Å²) < 4.78 is 50.6. The predicted molar refractivity (Wildman–Crippen MR) is 69.5 cm³/mol. The summed E-state index contributed by atoms with van der Waals surface area (Å²) in [5.74, 6) is -3.35. The molecule has 7 nitrogen and oxygen atoms in total. The first-order valence-electron chi connectivity index (χ1n) is 5.00. The molecule has 1 rings (SSSR count). The molecule has 11 heteroatoms. The van der Waals surface area contributed by atoms with Gasteiger partial charge in [0, 0.05) is 12.1 Å². The summed E-state index contributed by atoms with van der Waals surface area (Å²) >= 11 is 0. The van der Waals surface area contributed by atoms with Crippen molar-refractivity contribution in [3.05, 3.63) is 34.4 Å². The first kappa shape index (κ1) is 18.6. The van der Waals surface area contributed by atoms with Crippen LogP contribution in [0.1, 0.15) is 0 Å². The summed E-state index contributed by atoms with van der Waals surface area (Å²) in [5, 5.41) is 10.4. The standard InChI is InChI=1S/C9H11F2N3O4S.ClH/c10-9(11,5-12)6-13-19(17,18)8-3-1-7(2-4-8)14(15)16;/h1-4,13H,5-6,12H2;1H. The molecule has 0 radical (unpaired) electrons. The van der Waals surface area contributed by atoms with Crippen LogP contribution in [0.3, 0.4) is 0 Å². The molecule has 0 saturated carbocycles. The van der Waals surface area contributed by atoms with E-state index in [4.69, 9.17) is 5.73 Å². The SMILES string of the molecule is Cl.NCC(F)(F)CNS(=O)(=O)c1ccc([N+](=O)[O-])cc1. The van der Waals surface area contributed by atoms with Gasteiger partial charge in [-0.3, -0.25) is 10.1 Å². The maximum absolute atomic E-state index is 12.8. The molecule has 0 spiro atoms. The topological polar surface area (TPSA) is 115 Å². The molecule has 0 bridgehead atoms. The molecular weight excluding hydrogens is 320 g/mol. The second kappa shape index (κ2) is 6.88. The van der Waals surface area contributed by atoms with Crippen molar-refractivity contribution in [1.29, 1.82) is 0 Å². The van der Waals surface area contributed by atoms with Crippen LogP contribution in [0.15, 0.2) is 29.2 Å². The highest BCUT2D eigenvalue weighted by Crippen LogP contribution is 2.16. The largest absolute Gasteiger partial charge is 0.325 e. The molecule has 1 aromatic carbocycles. The molecule has 1 aromatic rings. The van der Waals surface area contributed by atoms with Crippen molar-refractivity contribution in [1.82, 2.24) is 4.72 Å². The molecule has 0 heterocycles. The number of rotatable bonds is 6. The lowest BCUT2D eigenvalue weighted by Crippen LogP contribution is -2.41. The third-order valence-corrected chi connectivity index (χ3v) is 3.59. The van der Waals surface area contributed by atoms with E-state index in [1.165, 1.54) is 0 Å². The van der Waals surface area contributed by atoms with Gasteiger partial charge in [0.2, 0.25) is 10.0 Å². The van der Waals surface area contributed by atoms with Gasteiger partial charge in [0.1, 0.15) is 0 Å². The van der Waals surface area contributed by atoms with E-state index >= 15 is 0 Å². The lowest BCUT2D eigenvalue weighted by atomic mass is 10.3. The fourth-order valence-corrected chi connectivity index (χ4v) is 2.17. The molecule has 0 atom stereocenters. The number of hydrogen-bond donors (Lipinski definition) is 2. The first-order chi connectivity index (χ1) is 8.68. The van der Waals surface area contributed by atoms with E-state index in [1.807, 2.05) is 0 Å². The number of nitro benzene ring substituents is 1. The van der Waals surface area contributed by atoms with Crippen molar-refractivity contribution in [2.45, 2.75) is 10.8 Å². The van der Waals surface area contributed by atoms with Gasteiger partial charge in [-0.2, -0.15) is 0 Å². The van der Waals surface area contributed by atoms with Crippen molar-refractivity contribution < 1.29 is 22.1 Å². The third kappa shape index (κ3) is 4.96. The fourth-order valence-electron chi connectivity index (χ4n) is 1.10. The van der Waals surface area contributed by atoms with Gasteiger partial charge in [-0.15, -0.1) is 12.4 Å². The van der Waals surface area contributed by atoms with E-state index in [9.17, 15) is 27.3 Å². The Balaban J connectivity index is 0.00000361. The zero-order chi connectivity index (χ0) is 14.7. The predicted octanol–water partition coefficient (Wildman–Crippen LogP) is 0.889. The van der Waals surface area contributed by atoms with Gasteiger partial charge in [-0.25, -0.2) is 21.9 Å². The van der Waals surface area contributed by atoms with E-state index in [0.717, 1.165) is 24.3 Å². The van der Waals surface area contributed by atoms with E-state index in [2.05, 4.69) is 0 Å². The molecule has 0 aromatic heterocycles. The normalized spacial score (nSPS) is 11.8. The van der Waals surface area contributed by atoms with Gasteiger partial charge in [0.25, 0.3) is 11.6 Å². The molecule has 3 N–H and O–H groups in total. The number of nitro groups is 1. The van der Waals surface area contributed by atoms with Gasteiger partial charge >= 0.3 is 0 Å². The van der Waals surface area contributed by atoms with Crippen LogP contribution in [0, 0.1) is 10.1 Å². The first-order valence-corrected chi connectivity index (χ1v) is 6.48. The monoisotopic (exact) mass is 331 g/mol. The van der Waals surface area contributed by atoms with Crippen molar-refractivity contribution >= 4 is 28.1 Å². The molecule has 0 amide bonds. The average Bonchev–Trinajstić information content (AvgIpc) is 2.37. The molecule has 20 heavy (non-hydrogen) atoms. The van der Waals surface area contributed by atoms with Gasteiger partial charge < -0.3 is 5.73 Å². The highest BCUT2D eigenvalue weighted by Gasteiger charge is 2.29. The number of halogens is 3. The Morgan fingerprint density at radius 2 is 1.80 bits per heavy atom. The van der Waals surface area contributed by atoms with Gasteiger partial charge in [-0.1, -0.05) is 0 Å². The minimum atomic E-state index is -4.15. The van der Waals surface area contributed by atoms with Crippen molar-refractivity contribution in [3.63, 3.8) is 0 Å². The lowest BCUT2D eigenvalue weighted by molar-refractivity contribution is -0.384. The third-order valence-electron chi connectivity index (χ3n) is 2.18. The molecule has 0 saturated heterocycles. The van der Waals surface area contributed by atoms with Gasteiger partial charge in [0.15, 0.2) is 0 Å². The fraction of sp³-hybridized carbons (Fsp3) is 0.333. The summed E-state index contributed by atoms with van der Waals surface area (Å²) in [6.07, 6.45) is 0. The van der Waals surface area contributed by atoms with Crippen molar-refractivity contribution in [2.75, 3.05) is 13.1 Å². The van der Waals surface area contributed by atoms with Crippen LogP contribution >= 0.6 is 12.4 Å². The average molecular weight is 332 g/mol. The zero-order valence-corrected chi connectivity index (χ0v) is 11.6. The molecule has 0 aliphatic carbocycles. The Morgan fingerprint density at radius 3 is 2.20 bits per heavy atom. The Hall–Kier alpha value is -1.36. The number of benzene rings is 1. The van der Waals surface area contributed by atoms with Crippen LogP contribution in [0.4, 0.5) is 14.5 Å². The Kier molecular flexibility index (Phi) is 6.41. The van der Waals surface area contributed by atoms with E-state index < -0.39 is 34.0 Å². The number of nitrogens with two attached hydrogens (primary N) is 1. The van der Waals surface area contributed by atoms with E-state index in [-0.39, 0.29) is 23.0 Å². The minimum Gasteiger partial charge on any atom is -0.325 e. The maximum Gasteiger partial charge on any atom is 0.273 e. The van der Waals surface area contributed by atoms with Gasteiger partial charge in [-0.05, 0) is 12.1 Å². The quantitative estimate of drug-likeness (QED) is 0.593. The molecular formula is C9H12ClF2N3O4S. The van der Waals surface area contributed by atoms with Crippen LogP contribution in [0.25, 0.3) is 0 Å². The second-order valence-electron chi connectivity index (χ2n) is 3.64. The molecule has 0 aliphatic heterocycles. The minimum absolute atomic E-state index is 0. The Labute approximate surface area is 119 Å². The van der Waals surface area contributed by atoms with Crippen LogP contribution in [0.2, 0.25) is 0 Å². The van der Waals surface area contributed by atoms with Gasteiger partial charge in [0.05, 0.1) is 22.9 Å². The maximum atomic E-state index is 12.8. The van der Waals surface area contributed by atoms with Crippen molar-refractivity contribution in [2.24, 2.45) is 5.73 Å². The highest BCUT2D eigenvalue weighted by atomic mass is 35.5.